The van der Waals surface area contributed by atoms with Crippen molar-refractivity contribution in [2.75, 3.05) is 20.2 Å². The van der Waals surface area contributed by atoms with Crippen molar-refractivity contribution in [1.82, 2.24) is 14.7 Å². The number of likely N-dealkylation sites (tertiary alicyclic amines) is 1. The number of nitrogens with zero attached hydrogens (tertiary/aromatic N) is 3. The number of carbonyl (C=O) groups is 2. The van der Waals surface area contributed by atoms with E-state index in [1.165, 1.54) is 17.1 Å². The Morgan fingerprint density at radius 3 is 2.68 bits per heavy atom. The first kappa shape index (κ1) is 13.5. The summed E-state index contributed by atoms with van der Waals surface area (Å²) in [6.45, 7) is 1.42. The normalized spacial score (nSPS) is 16.6. The zero-order valence-corrected chi connectivity index (χ0v) is 10.8. The fraction of sp³-hybridized carbons (Fsp3) is 0.583. The molecule has 104 valence electrons. The van der Waals surface area contributed by atoms with Gasteiger partial charge in [0.25, 0.3) is 0 Å². The van der Waals surface area contributed by atoms with Crippen LogP contribution in [0.4, 0.5) is 0 Å². The molecule has 0 spiro atoms. The smallest absolute Gasteiger partial charge is 0.338 e. The fourth-order valence-electron chi connectivity index (χ4n) is 2.14. The van der Waals surface area contributed by atoms with E-state index in [1.54, 1.807) is 12.0 Å². The van der Waals surface area contributed by atoms with Crippen LogP contribution in [0.3, 0.4) is 0 Å². The zero-order valence-electron chi connectivity index (χ0n) is 10.8. The van der Waals surface area contributed by atoms with Crippen molar-refractivity contribution in [2.24, 2.45) is 0 Å². The van der Waals surface area contributed by atoms with Crippen LogP contribution < -0.4 is 0 Å². The maximum atomic E-state index is 12.0. The highest BCUT2D eigenvalue weighted by Gasteiger charge is 2.22. The lowest BCUT2D eigenvalue weighted by atomic mass is 10.1. The molecule has 19 heavy (non-hydrogen) atoms. The van der Waals surface area contributed by atoms with Crippen molar-refractivity contribution in [3.63, 3.8) is 0 Å². The molecule has 1 N–H and O–H groups in total. The van der Waals surface area contributed by atoms with Crippen molar-refractivity contribution < 1.29 is 19.4 Å². The minimum absolute atomic E-state index is 0.0467. The van der Waals surface area contributed by atoms with Gasteiger partial charge >= 0.3 is 5.97 Å². The minimum Gasteiger partial charge on any atom is -0.478 e. The first-order valence-corrected chi connectivity index (χ1v) is 6.16. The van der Waals surface area contributed by atoms with Gasteiger partial charge in [0, 0.05) is 26.4 Å². The Hall–Kier alpha value is -1.89. The molecule has 0 aromatic carbocycles. The Morgan fingerprint density at radius 2 is 2.16 bits per heavy atom. The second-order valence-electron chi connectivity index (χ2n) is 4.55. The first-order chi connectivity index (χ1) is 9.10. The first-order valence-electron chi connectivity index (χ1n) is 6.16. The van der Waals surface area contributed by atoms with Crippen LogP contribution in [-0.4, -0.2) is 58.0 Å². The molecule has 0 unspecified atom stereocenters. The molecule has 7 heteroatoms. The Kier molecular flexibility index (Phi) is 4.16. The Morgan fingerprint density at radius 1 is 1.47 bits per heavy atom. The van der Waals surface area contributed by atoms with Crippen LogP contribution in [0.25, 0.3) is 0 Å². The van der Waals surface area contributed by atoms with Crippen molar-refractivity contribution in [3.05, 3.63) is 18.0 Å². The third-order valence-electron chi connectivity index (χ3n) is 3.31. The Labute approximate surface area is 110 Å². The summed E-state index contributed by atoms with van der Waals surface area (Å²) in [6.07, 6.45) is 4.51. The molecular formula is C12H17N3O4. The maximum absolute atomic E-state index is 12.0. The third-order valence-corrected chi connectivity index (χ3v) is 3.31. The summed E-state index contributed by atoms with van der Waals surface area (Å²) >= 11 is 0. The van der Waals surface area contributed by atoms with Gasteiger partial charge in [-0.15, -0.1) is 0 Å². The molecule has 0 atom stereocenters. The summed E-state index contributed by atoms with van der Waals surface area (Å²) < 4.78 is 6.60. The highest BCUT2D eigenvalue weighted by Crippen LogP contribution is 2.13. The van der Waals surface area contributed by atoms with E-state index in [2.05, 4.69) is 5.10 Å². The molecule has 0 saturated carbocycles. The molecule has 0 bridgehead atoms. The molecule has 2 heterocycles. The van der Waals surface area contributed by atoms with Gasteiger partial charge in [-0.3, -0.25) is 9.48 Å². The van der Waals surface area contributed by atoms with Crippen LogP contribution in [0.15, 0.2) is 12.4 Å². The van der Waals surface area contributed by atoms with E-state index < -0.39 is 5.97 Å². The molecule has 0 radical (unpaired) electrons. The number of carbonyl (C=O) groups excluding carboxylic acids is 1. The number of aromatic carboxylic acids is 1. The summed E-state index contributed by atoms with van der Waals surface area (Å²) in [4.78, 5) is 24.5. The number of piperidine rings is 1. The van der Waals surface area contributed by atoms with Crippen molar-refractivity contribution in [1.29, 1.82) is 0 Å². The molecule has 1 saturated heterocycles. The van der Waals surface area contributed by atoms with Gasteiger partial charge in [-0.2, -0.15) is 5.10 Å². The van der Waals surface area contributed by atoms with Gasteiger partial charge in [-0.1, -0.05) is 0 Å². The number of methoxy groups -OCH3 is 1. The number of amides is 1. The van der Waals surface area contributed by atoms with Gasteiger partial charge in [0.15, 0.2) is 0 Å². The molecule has 0 aliphatic carbocycles. The van der Waals surface area contributed by atoms with Crippen molar-refractivity contribution >= 4 is 11.9 Å². The number of hydrogen-bond donors (Lipinski definition) is 1. The minimum atomic E-state index is -1.04. The van der Waals surface area contributed by atoms with E-state index in [0.717, 1.165) is 12.8 Å². The van der Waals surface area contributed by atoms with E-state index in [-0.39, 0.29) is 24.1 Å². The van der Waals surface area contributed by atoms with Crippen molar-refractivity contribution in [3.8, 4) is 0 Å². The van der Waals surface area contributed by atoms with Crippen LogP contribution >= 0.6 is 0 Å². The zero-order chi connectivity index (χ0) is 13.8. The predicted octanol–water partition coefficient (Wildman–Crippen LogP) is 0.219. The molecule has 1 aromatic rings. The van der Waals surface area contributed by atoms with Gasteiger partial charge in [-0.05, 0) is 12.8 Å². The van der Waals surface area contributed by atoms with Crippen LogP contribution in [0, 0.1) is 0 Å². The largest absolute Gasteiger partial charge is 0.478 e. The Balaban J connectivity index is 1.88. The van der Waals surface area contributed by atoms with Crippen LogP contribution in [-0.2, 0) is 16.1 Å². The van der Waals surface area contributed by atoms with Gasteiger partial charge in [0.2, 0.25) is 5.91 Å². The van der Waals surface area contributed by atoms with Gasteiger partial charge in [-0.25, -0.2) is 4.79 Å². The van der Waals surface area contributed by atoms with E-state index in [9.17, 15) is 9.59 Å². The number of carboxylic acid groups (broad SMARTS) is 1. The van der Waals surface area contributed by atoms with E-state index in [1.807, 2.05) is 0 Å². The van der Waals surface area contributed by atoms with E-state index in [4.69, 9.17) is 9.84 Å². The van der Waals surface area contributed by atoms with Gasteiger partial charge < -0.3 is 14.7 Å². The summed E-state index contributed by atoms with van der Waals surface area (Å²) in [5.74, 6) is -1.09. The van der Waals surface area contributed by atoms with Crippen LogP contribution in [0.5, 0.6) is 0 Å². The molecule has 1 fully saturated rings. The highest BCUT2D eigenvalue weighted by molar-refractivity contribution is 5.87. The second kappa shape index (κ2) is 5.83. The number of ether oxygens (including phenoxy) is 1. The number of aromatic nitrogens is 2. The number of carboxylic acids is 1. The van der Waals surface area contributed by atoms with E-state index >= 15 is 0 Å². The average molecular weight is 267 g/mol. The summed E-state index contributed by atoms with van der Waals surface area (Å²) in [6, 6.07) is 0. The summed E-state index contributed by atoms with van der Waals surface area (Å²) in [7, 11) is 1.68. The summed E-state index contributed by atoms with van der Waals surface area (Å²) in [5, 5.41) is 12.6. The highest BCUT2D eigenvalue weighted by atomic mass is 16.5. The maximum Gasteiger partial charge on any atom is 0.338 e. The molecule has 1 amide bonds. The molecule has 1 aromatic heterocycles. The molecular weight excluding hydrogens is 250 g/mol. The average Bonchev–Trinajstić information content (AvgIpc) is 2.87. The van der Waals surface area contributed by atoms with Gasteiger partial charge in [0.05, 0.1) is 17.9 Å². The Bertz CT molecular complexity index is 463. The van der Waals surface area contributed by atoms with Crippen molar-refractivity contribution in [2.45, 2.75) is 25.5 Å². The third kappa shape index (κ3) is 3.31. The van der Waals surface area contributed by atoms with Crippen LogP contribution in [0.2, 0.25) is 0 Å². The lowest BCUT2D eigenvalue weighted by molar-refractivity contribution is -0.134. The van der Waals surface area contributed by atoms with Gasteiger partial charge in [0.1, 0.15) is 6.54 Å². The standard InChI is InChI=1S/C12H17N3O4/c1-19-10-2-4-14(5-3-10)11(16)8-15-7-9(6-13-15)12(17)18/h6-7,10H,2-5,8H2,1H3,(H,17,18). The molecule has 2 rings (SSSR count). The van der Waals surface area contributed by atoms with E-state index in [0.29, 0.717) is 13.1 Å². The fourth-order valence-corrected chi connectivity index (χ4v) is 2.14. The topological polar surface area (TPSA) is 84.7 Å². The monoisotopic (exact) mass is 267 g/mol. The predicted molar refractivity (Wildman–Crippen MR) is 65.8 cm³/mol. The molecule has 1 aliphatic heterocycles. The molecule has 7 nitrogen and oxygen atoms in total. The summed E-state index contributed by atoms with van der Waals surface area (Å²) in [5.41, 5.74) is 0.0888. The SMILES string of the molecule is COC1CCN(C(=O)Cn2cc(C(=O)O)cn2)CC1. The number of rotatable bonds is 4. The van der Waals surface area contributed by atoms with Crippen LogP contribution in [0.1, 0.15) is 23.2 Å². The molecule has 1 aliphatic rings. The lowest BCUT2D eigenvalue weighted by Crippen LogP contribution is -2.42. The second-order valence-corrected chi connectivity index (χ2v) is 4.55. The quantitative estimate of drug-likeness (QED) is 0.843. The lowest BCUT2D eigenvalue weighted by Gasteiger charge is -2.31. The number of hydrogen-bond acceptors (Lipinski definition) is 4.